The summed E-state index contributed by atoms with van der Waals surface area (Å²) in [5.41, 5.74) is 5.65. The van der Waals surface area contributed by atoms with Crippen molar-refractivity contribution in [2.75, 3.05) is 37.7 Å². The van der Waals surface area contributed by atoms with Crippen LogP contribution in [0.2, 0.25) is 0 Å². The molecule has 0 saturated carbocycles. The summed E-state index contributed by atoms with van der Waals surface area (Å²) in [4.78, 5) is 2.58. The van der Waals surface area contributed by atoms with Crippen LogP contribution in [0.1, 0.15) is 19.8 Å². The fraction of sp³-hybridized carbons (Fsp3) is 1.00. The summed E-state index contributed by atoms with van der Waals surface area (Å²) < 4.78 is 0. The van der Waals surface area contributed by atoms with Crippen LogP contribution in [0.25, 0.3) is 0 Å². The summed E-state index contributed by atoms with van der Waals surface area (Å²) >= 11 is 2.04. The molecular weight excluding hydrogens is 180 g/mol. The molecule has 13 heavy (non-hydrogen) atoms. The number of nitrogens with two attached hydrogens (primary N) is 1. The predicted octanol–water partition coefficient (Wildman–Crippen LogP) is 1.41. The third kappa shape index (κ3) is 4.34. The molecule has 1 heterocycles. The lowest BCUT2D eigenvalue weighted by molar-refractivity contribution is 0.197. The third-order valence-electron chi connectivity index (χ3n) is 2.80. The maximum absolute atomic E-state index is 5.65. The minimum absolute atomic E-state index is 0.801. The molecule has 2 N–H and O–H groups in total. The molecule has 1 saturated heterocycles. The molecule has 1 fully saturated rings. The lowest BCUT2D eigenvalue weighted by Gasteiger charge is -2.31. The normalized spacial score (nSPS) is 20.8. The topological polar surface area (TPSA) is 29.3 Å². The molecule has 1 aliphatic heterocycles. The van der Waals surface area contributed by atoms with E-state index >= 15 is 0 Å². The predicted molar refractivity (Wildman–Crippen MR) is 61.2 cm³/mol. The van der Waals surface area contributed by atoms with Crippen LogP contribution >= 0.6 is 11.8 Å². The molecule has 3 heteroatoms. The van der Waals surface area contributed by atoms with Gasteiger partial charge < -0.3 is 10.6 Å². The molecule has 0 aliphatic carbocycles. The van der Waals surface area contributed by atoms with Gasteiger partial charge in [0.1, 0.15) is 0 Å². The quantitative estimate of drug-likeness (QED) is 0.684. The lowest BCUT2D eigenvalue weighted by atomic mass is 9.97. The SMILES string of the molecule is CCSCCN1CCC(CN)CC1. The Labute approximate surface area is 86.2 Å². The summed E-state index contributed by atoms with van der Waals surface area (Å²) in [7, 11) is 0. The van der Waals surface area contributed by atoms with Crippen molar-refractivity contribution in [3.63, 3.8) is 0 Å². The van der Waals surface area contributed by atoms with Gasteiger partial charge in [-0.2, -0.15) is 11.8 Å². The Morgan fingerprint density at radius 2 is 2.08 bits per heavy atom. The number of piperidine rings is 1. The van der Waals surface area contributed by atoms with Crippen molar-refractivity contribution < 1.29 is 0 Å². The van der Waals surface area contributed by atoms with E-state index in [1.807, 2.05) is 11.8 Å². The first-order valence-electron chi connectivity index (χ1n) is 5.37. The van der Waals surface area contributed by atoms with Gasteiger partial charge in [0.05, 0.1) is 0 Å². The van der Waals surface area contributed by atoms with Crippen molar-refractivity contribution in [1.29, 1.82) is 0 Å². The van der Waals surface area contributed by atoms with Crippen LogP contribution in [0, 0.1) is 5.92 Å². The first-order valence-corrected chi connectivity index (χ1v) is 6.52. The number of rotatable bonds is 5. The Bertz CT molecular complexity index is 119. The monoisotopic (exact) mass is 202 g/mol. The maximum atomic E-state index is 5.65. The molecule has 1 aliphatic rings. The van der Waals surface area contributed by atoms with E-state index in [0.717, 1.165) is 12.5 Å². The smallest absolute Gasteiger partial charge is 0.00723 e. The molecule has 0 bridgehead atoms. The van der Waals surface area contributed by atoms with Crippen molar-refractivity contribution in [1.82, 2.24) is 4.90 Å². The molecule has 0 aromatic carbocycles. The molecule has 0 unspecified atom stereocenters. The van der Waals surface area contributed by atoms with Gasteiger partial charge in [0, 0.05) is 12.3 Å². The highest BCUT2D eigenvalue weighted by atomic mass is 32.2. The summed E-state index contributed by atoms with van der Waals surface area (Å²) in [6.07, 6.45) is 2.63. The third-order valence-corrected chi connectivity index (χ3v) is 3.68. The second-order valence-electron chi connectivity index (χ2n) is 3.72. The molecule has 2 nitrogen and oxygen atoms in total. The zero-order valence-electron chi connectivity index (χ0n) is 8.67. The zero-order valence-corrected chi connectivity index (χ0v) is 9.48. The van der Waals surface area contributed by atoms with E-state index in [1.165, 1.54) is 44.0 Å². The fourth-order valence-corrected chi connectivity index (χ4v) is 2.46. The van der Waals surface area contributed by atoms with Gasteiger partial charge >= 0.3 is 0 Å². The summed E-state index contributed by atoms with van der Waals surface area (Å²) in [5.74, 6) is 3.35. The van der Waals surface area contributed by atoms with Crippen molar-refractivity contribution in [3.8, 4) is 0 Å². The highest BCUT2D eigenvalue weighted by Crippen LogP contribution is 2.15. The van der Waals surface area contributed by atoms with Gasteiger partial charge in [0.2, 0.25) is 0 Å². The van der Waals surface area contributed by atoms with Crippen LogP contribution in [0.4, 0.5) is 0 Å². The molecule has 0 aromatic heterocycles. The minimum Gasteiger partial charge on any atom is -0.330 e. The zero-order chi connectivity index (χ0) is 9.52. The van der Waals surface area contributed by atoms with Gasteiger partial charge in [-0.3, -0.25) is 0 Å². The van der Waals surface area contributed by atoms with E-state index in [2.05, 4.69) is 11.8 Å². The second kappa shape index (κ2) is 6.68. The standard InChI is InChI=1S/C10H22N2S/c1-2-13-8-7-12-5-3-10(9-11)4-6-12/h10H,2-9,11H2,1H3. The Hall–Kier alpha value is 0.270. The Balaban J connectivity index is 2.03. The minimum atomic E-state index is 0.801. The molecule has 1 rings (SSSR count). The number of hydrogen-bond donors (Lipinski definition) is 1. The van der Waals surface area contributed by atoms with E-state index in [0.29, 0.717) is 0 Å². The Kier molecular flexibility index (Phi) is 5.83. The van der Waals surface area contributed by atoms with Gasteiger partial charge in [-0.05, 0) is 44.1 Å². The molecule has 0 amide bonds. The molecule has 0 aromatic rings. The molecule has 0 radical (unpaired) electrons. The first kappa shape index (κ1) is 11.3. The highest BCUT2D eigenvalue weighted by Gasteiger charge is 2.16. The molecular formula is C10H22N2S. The maximum Gasteiger partial charge on any atom is 0.00723 e. The van der Waals surface area contributed by atoms with Crippen molar-refractivity contribution in [2.45, 2.75) is 19.8 Å². The highest BCUT2D eigenvalue weighted by molar-refractivity contribution is 7.99. The van der Waals surface area contributed by atoms with Crippen LogP contribution in [0.15, 0.2) is 0 Å². The number of thioether (sulfide) groups is 1. The van der Waals surface area contributed by atoms with E-state index < -0.39 is 0 Å². The van der Waals surface area contributed by atoms with E-state index in [-0.39, 0.29) is 0 Å². The molecule has 0 atom stereocenters. The van der Waals surface area contributed by atoms with Gasteiger partial charge in [-0.25, -0.2) is 0 Å². The lowest BCUT2D eigenvalue weighted by Crippen LogP contribution is -2.37. The largest absolute Gasteiger partial charge is 0.330 e. The van der Waals surface area contributed by atoms with Crippen LogP contribution in [-0.2, 0) is 0 Å². The summed E-state index contributed by atoms with van der Waals surface area (Å²) in [6.45, 7) is 6.93. The van der Waals surface area contributed by atoms with Crippen LogP contribution in [0.5, 0.6) is 0 Å². The average molecular weight is 202 g/mol. The fourth-order valence-electron chi connectivity index (χ4n) is 1.78. The first-order chi connectivity index (χ1) is 6.36. The van der Waals surface area contributed by atoms with Gasteiger partial charge in [-0.1, -0.05) is 6.92 Å². The van der Waals surface area contributed by atoms with Gasteiger partial charge in [-0.15, -0.1) is 0 Å². The van der Waals surface area contributed by atoms with Crippen molar-refractivity contribution >= 4 is 11.8 Å². The van der Waals surface area contributed by atoms with Crippen LogP contribution in [0.3, 0.4) is 0 Å². The summed E-state index contributed by atoms with van der Waals surface area (Å²) in [6, 6.07) is 0. The van der Waals surface area contributed by atoms with E-state index in [9.17, 15) is 0 Å². The van der Waals surface area contributed by atoms with E-state index in [1.54, 1.807) is 0 Å². The van der Waals surface area contributed by atoms with E-state index in [4.69, 9.17) is 5.73 Å². The number of hydrogen-bond acceptors (Lipinski definition) is 3. The van der Waals surface area contributed by atoms with Gasteiger partial charge in [0.25, 0.3) is 0 Å². The second-order valence-corrected chi connectivity index (χ2v) is 5.11. The van der Waals surface area contributed by atoms with Crippen LogP contribution in [-0.4, -0.2) is 42.6 Å². The van der Waals surface area contributed by atoms with Gasteiger partial charge in [0.15, 0.2) is 0 Å². The Morgan fingerprint density at radius 1 is 1.38 bits per heavy atom. The van der Waals surface area contributed by atoms with Crippen LogP contribution < -0.4 is 5.73 Å². The average Bonchev–Trinajstić information content (AvgIpc) is 2.19. The summed E-state index contributed by atoms with van der Waals surface area (Å²) in [5, 5.41) is 0. The van der Waals surface area contributed by atoms with Crippen molar-refractivity contribution in [3.05, 3.63) is 0 Å². The molecule has 78 valence electrons. The molecule has 0 spiro atoms. The number of nitrogens with zero attached hydrogens (tertiary/aromatic N) is 1. The van der Waals surface area contributed by atoms with Crippen molar-refractivity contribution in [2.24, 2.45) is 11.7 Å². The number of likely N-dealkylation sites (tertiary alicyclic amines) is 1. The Morgan fingerprint density at radius 3 is 2.62 bits per heavy atom.